The van der Waals surface area contributed by atoms with Crippen LogP contribution in [0.2, 0.25) is 0 Å². The quantitative estimate of drug-likeness (QED) is 0.232. The van der Waals surface area contributed by atoms with Crippen molar-refractivity contribution in [1.82, 2.24) is 29.9 Å². The van der Waals surface area contributed by atoms with E-state index in [-0.39, 0.29) is 23.5 Å². The molecule has 11 nitrogen and oxygen atoms in total. The van der Waals surface area contributed by atoms with Crippen LogP contribution in [0, 0.1) is 13.8 Å². The van der Waals surface area contributed by atoms with Crippen LogP contribution >= 0.6 is 0 Å². The summed E-state index contributed by atoms with van der Waals surface area (Å²) in [5.74, 6) is 1.58. The first kappa shape index (κ1) is 21.8. The maximum atomic E-state index is 13.0. The summed E-state index contributed by atoms with van der Waals surface area (Å²) < 4.78 is 0. The minimum absolute atomic E-state index is 0.193. The highest BCUT2D eigenvalue weighted by Crippen LogP contribution is 2.23. The van der Waals surface area contributed by atoms with Crippen LogP contribution in [-0.2, 0) is 0 Å². The number of nitrogen functional groups attached to an aromatic ring is 2. The minimum Gasteiger partial charge on any atom is -0.368 e. The van der Waals surface area contributed by atoms with E-state index < -0.39 is 0 Å². The lowest BCUT2D eigenvalue weighted by Crippen LogP contribution is -2.04. The van der Waals surface area contributed by atoms with Gasteiger partial charge in [0.1, 0.15) is 11.6 Å². The lowest BCUT2D eigenvalue weighted by atomic mass is 10.1. The van der Waals surface area contributed by atoms with Gasteiger partial charge in [-0.15, -0.1) is 0 Å². The molecule has 5 aromatic rings. The molecule has 35 heavy (non-hydrogen) atoms. The van der Waals surface area contributed by atoms with Gasteiger partial charge in [-0.1, -0.05) is 0 Å². The number of nitrogens with one attached hydrogen (secondary N) is 3. The van der Waals surface area contributed by atoms with Crippen LogP contribution in [0.1, 0.15) is 27.6 Å². The molecule has 0 fully saturated rings. The molecule has 174 valence electrons. The van der Waals surface area contributed by atoms with Crippen LogP contribution in [-0.4, -0.2) is 35.7 Å². The first-order valence-corrected chi connectivity index (χ1v) is 10.7. The lowest BCUT2D eigenvalue weighted by molar-refractivity contribution is 0.103. The Morgan fingerprint density at radius 1 is 0.743 bits per heavy atom. The van der Waals surface area contributed by atoms with Gasteiger partial charge < -0.3 is 27.1 Å². The number of nitrogens with zero attached hydrogens (tertiary/aromatic N) is 5. The molecule has 2 aromatic carbocycles. The third-order valence-corrected chi connectivity index (χ3v) is 5.13. The second-order valence-electron chi connectivity index (χ2n) is 7.98. The number of fused-ring (bicyclic) bond motifs is 1. The number of aromatic amines is 1. The standard InChI is InChI=1S/C24H22N10O/c1-12-9-19(33-23(25)27-12)29-15-5-3-14(4-6-15)21(35)22-31-17-8-7-16(11-18(17)32-22)30-20-10-13(2)28-24(26)34-20/h3-11H,1-2H3,(H,31,32)(H3,25,27,29,33)(H3,26,28,30,34). The molecule has 0 radical (unpaired) electrons. The monoisotopic (exact) mass is 466 g/mol. The molecule has 0 saturated carbocycles. The number of benzene rings is 2. The number of hydrogen-bond donors (Lipinski definition) is 5. The van der Waals surface area contributed by atoms with Gasteiger partial charge in [0.15, 0.2) is 5.82 Å². The SMILES string of the molecule is Cc1cc(Nc2ccc(C(=O)c3nc4ccc(Nc5cc(C)nc(N)n5)cc4[nH]3)cc2)nc(N)n1. The Kier molecular flexibility index (Phi) is 5.41. The van der Waals surface area contributed by atoms with Crippen molar-refractivity contribution < 1.29 is 4.79 Å². The molecule has 0 aliphatic heterocycles. The molecule has 0 bridgehead atoms. The molecule has 5 rings (SSSR count). The van der Waals surface area contributed by atoms with Crippen molar-refractivity contribution in [2.75, 3.05) is 22.1 Å². The Bertz CT molecular complexity index is 1520. The molecule has 0 aliphatic rings. The molecular weight excluding hydrogens is 444 g/mol. The zero-order valence-corrected chi connectivity index (χ0v) is 19.0. The van der Waals surface area contributed by atoms with E-state index in [1.807, 2.05) is 32.0 Å². The van der Waals surface area contributed by atoms with Crippen molar-refractivity contribution in [3.05, 3.63) is 77.4 Å². The number of carbonyl (C=O) groups excluding carboxylic acids is 1. The lowest BCUT2D eigenvalue weighted by Gasteiger charge is -2.07. The summed E-state index contributed by atoms with van der Waals surface area (Å²) in [5, 5.41) is 6.35. The predicted molar refractivity (Wildman–Crippen MR) is 135 cm³/mol. The van der Waals surface area contributed by atoms with Crippen LogP contribution in [0.5, 0.6) is 0 Å². The highest BCUT2D eigenvalue weighted by atomic mass is 16.1. The number of H-pyrrole nitrogens is 1. The Morgan fingerprint density at radius 3 is 1.91 bits per heavy atom. The van der Waals surface area contributed by atoms with E-state index in [4.69, 9.17) is 11.5 Å². The summed E-state index contributed by atoms with van der Waals surface area (Å²) in [6.45, 7) is 3.68. The molecule has 11 heteroatoms. The summed E-state index contributed by atoms with van der Waals surface area (Å²) in [5.41, 5.74) is 16.4. The second kappa shape index (κ2) is 8.71. The van der Waals surface area contributed by atoms with E-state index in [0.29, 0.717) is 28.2 Å². The topological polar surface area (TPSA) is 173 Å². The molecule has 0 aliphatic carbocycles. The highest BCUT2D eigenvalue weighted by molar-refractivity contribution is 6.08. The van der Waals surface area contributed by atoms with Gasteiger partial charge in [-0.25, -0.2) is 15.0 Å². The third kappa shape index (κ3) is 4.83. The fourth-order valence-corrected chi connectivity index (χ4v) is 3.64. The minimum atomic E-state index is -0.219. The Hall–Kier alpha value is -5.06. The Balaban J connectivity index is 1.33. The predicted octanol–water partition coefficient (Wildman–Crippen LogP) is 3.64. The first-order chi connectivity index (χ1) is 16.8. The summed E-state index contributed by atoms with van der Waals surface area (Å²) in [4.78, 5) is 37.0. The molecule has 7 N–H and O–H groups in total. The maximum absolute atomic E-state index is 13.0. The molecule has 0 spiro atoms. The number of aryl methyl sites for hydroxylation is 2. The van der Waals surface area contributed by atoms with Crippen molar-refractivity contribution in [1.29, 1.82) is 0 Å². The third-order valence-electron chi connectivity index (χ3n) is 5.13. The van der Waals surface area contributed by atoms with E-state index >= 15 is 0 Å². The largest absolute Gasteiger partial charge is 0.368 e. The summed E-state index contributed by atoms with van der Waals surface area (Å²) in [6.07, 6.45) is 0. The summed E-state index contributed by atoms with van der Waals surface area (Å²) in [7, 11) is 0. The van der Waals surface area contributed by atoms with Crippen molar-refractivity contribution in [3.63, 3.8) is 0 Å². The maximum Gasteiger partial charge on any atom is 0.228 e. The van der Waals surface area contributed by atoms with Gasteiger partial charge in [-0.05, 0) is 56.3 Å². The number of carbonyl (C=O) groups is 1. The molecule has 3 aromatic heterocycles. The molecular formula is C24H22N10O. The van der Waals surface area contributed by atoms with Gasteiger partial charge in [0.25, 0.3) is 0 Å². The van der Waals surface area contributed by atoms with Gasteiger partial charge in [0.2, 0.25) is 17.7 Å². The Labute approximate surface area is 200 Å². The van der Waals surface area contributed by atoms with E-state index in [1.165, 1.54) is 0 Å². The van der Waals surface area contributed by atoms with Gasteiger partial charge in [0, 0.05) is 40.5 Å². The average Bonchev–Trinajstić information content (AvgIpc) is 3.21. The van der Waals surface area contributed by atoms with Gasteiger partial charge in [0.05, 0.1) is 11.0 Å². The van der Waals surface area contributed by atoms with E-state index in [1.54, 1.807) is 36.4 Å². The normalized spacial score (nSPS) is 10.9. The van der Waals surface area contributed by atoms with Crippen LogP contribution in [0.25, 0.3) is 11.0 Å². The number of hydrogen-bond acceptors (Lipinski definition) is 10. The van der Waals surface area contributed by atoms with Gasteiger partial charge in [-0.3, -0.25) is 4.79 Å². The molecule has 0 saturated heterocycles. The van der Waals surface area contributed by atoms with E-state index in [9.17, 15) is 4.79 Å². The molecule has 0 unspecified atom stereocenters. The number of imidazole rings is 1. The number of aromatic nitrogens is 6. The van der Waals surface area contributed by atoms with Gasteiger partial charge in [-0.2, -0.15) is 9.97 Å². The van der Waals surface area contributed by atoms with Crippen LogP contribution in [0.4, 0.5) is 34.9 Å². The van der Waals surface area contributed by atoms with E-state index in [0.717, 1.165) is 22.8 Å². The van der Waals surface area contributed by atoms with Crippen molar-refractivity contribution in [3.8, 4) is 0 Å². The van der Waals surface area contributed by atoms with Crippen molar-refractivity contribution in [2.45, 2.75) is 13.8 Å². The van der Waals surface area contributed by atoms with Crippen LogP contribution < -0.4 is 22.1 Å². The number of ketones is 1. The smallest absolute Gasteiger partial charge is 0.228 e. The molecule has 0 atom stereocenters. The molecule has 3 heterocycles. The van der Waals surface area contributed by atoms with Crippen LogP contribution in [0.3, 0.4) is 0 Å². The van der Waals surface area contributed by atoms with Crippen molar-refractivity contribution in [2.24, 2.45) is 0 Å². The second-order valence-corrected chi connectivity index (χ2v) is 7.98. The van der Waals surface area contributed by atoms with Crippen LogP contribution in [0.15, 0.2) is 54.6 Å². The summed E-state index contributed by atoms with van der Waals surface area (Å²) >= 11 is 0. The highest BCUT2D eigenvalue weighted by Gasteiger charge is 2.15. The van der Waals surface area contributed by atoms with Crippen molar-refractivity contribution >= 4 is 51.7 Å². The fourth-order valence-electron chi connectivity index (χ4n) is 3.64. The average molecular weight is 467 g/mol. The number of anilines is 6. The van der Waals surface area contributed by atoms with E-state index in [2.05, 4.69) is 40.5 Å². The first-order valence-electron chi connectivity index (χ1n) is 10.7. The number of rotatable bonds is 6. The fraction of sp³-hybridized carbons (Fsp3) is 0.0833. The van der Waals surface area contributed by atoms with Gasteiger partial charge >= 0.3 is 0 Å². The Morgan fingerprint density at radius 2 is 1.31 bits per heavy atom. The molecule has 0 amide bonds. The zero-order chi connectivity index (χ0) is 24.5. The number of nitrogens with two attached hydrogens (primary N) is 2. The zero-order valence-electron chi connectivity index (χ0n) is 19.0. The summed E-state index contributed by atoms with van der Waals surface area (Å²) in [6, 6.07) is 16.2.